The van der Waals surface area contributed by atoms with Gasteiger partial charge >= 0.3 is 0 Å². The van der Waals surface area contributed by atoms with Crippen LogP contribution in [0.1, 0.15) is 11.1 Å². The van der Waals surface area contributed by atoms with Crippen molar-refractivity contribution in [3.63, 3.8) is 0 Å². The minimum absolute atomic E-state index is 0.115. The molecule has 0 radical (unpaired) electrons. The van der Waals surface area contributed by atoms with Crippen LogP contribution in [0.3, 0.4) is 0 Å². The minimum atomic E-state index is -0.115. The molecule has 0 bridgehead atoms. The third-order valence-corrected chi connectivity index (χ3v) is 5.39. The van der Waals surface area contributed by atoms with Crippen molar-refractivity contribution in [3.8, 4) is 11.4 Å². The average molecular weight is 432 g/mol. The van der Waals surface area contributed by atoms with Crippen molar-refractivity contribution >= 4 is 39.3 Å². The number of aromatic nitrogens is 3. The molecule has 2 aromatic carbocycles. The third kappa shape index (κ3) is 4.08. The van der Waals surface area contributed by atoms with Crippen molar-refractivity contribution in [1.82, 2.24) is 14.9 Å². The van der Waals surface area contributed by atoms with Gasteiger partial charge in [0.15, 0.2) is 5.82 Å². The van der Waals surface area contributed by atoms with Gasteiger partial charge in [-0.05, 0) is 43.2 Å². The molecule has 0 aliphatic rings. The molecule has 3 aromatic rings. The molecule has 3 N–H and O–H groups in total. The van der Waals surface area contributed by atoms with E-state index in [0.717, 1.165) is 26.9 Å². The lowest BCUT2D eigenvalue weighted by atomic mass is 10.1. The van der Waals surface area contributed by atoms with E-state index in [1.54, 1.807) is 0 Å². The van der Waals surface area contributed by atoms with Gasteiger partial charge in [-0.15, -0.1) is 10.2 Å². The Morgan fingerprint density at radius 1 is 1.23 bits per heavy atom. The predicted octanol–water partition coefficient (Wildman–Crippen LogP) is 3.77. The van der Waals surface area contributed by atoms with Crippen LogP contribution in [0.15, 0.2) is 52.1 Å². The Balaban J connectivity index is 1.67. The Morgan fingerprint density at radius 3 is 2.77 bits per heavy atom. The Bertz CT molecular complexity index is 957. The zero-order valence-electron chi connectivity index (χ0n) is 14.4. The van der Waals surface area contributed by atoms with E-state index in [4.69, 9.17) is 5.84 Å². The van der Waals surface area contributed by atoms with Crippen LogP contribution >= 0.6 is 27.7 Å². The molecule has 0 aliphatic carbocycles. The molecule has 0 aliphatic heterocycles. The molecular formula is C18H18BrN5OS. The SMILES string of the molecule is Cc1cccc(NC(=O)CSc2nnc(-c3cccc(Br)c3)n2N)c1C. The molecule has 0 atom stereocenters. The average Bonchev–Trinajstić information content (AvgIpc) is 2.98. The molecule has 3 rings (SSSR count). The van der Waals surface area contributed by atoms with E-state index >= 15 is 0 Å². The summed E-state index contributed by atoms with van der Waals surface area (Å²) in [5.74, 6) is 6.72. The number of benzene rings is 2. The van der Waals surface area contributed by atoms with Crippen molar-refractivity contribution in [2.24, 2.45) is 0 Å². The number of aryl methyl sites for hydroxylation is 1. The molecule has 134 valence electrons. The molecule has 26 heavy (non-hydrogen) atoms. The number of amides is 1. The van der Waals surface area contributed by atoms with Gasteiger partial charge in [0, 0.05) is 15.7 Å². The van der Waals surface area contributed by atoms with E-state index in [1.807, 2.05) is 56.3 Å². The van der Waals surface area contributed by atoms with Gasteiger partial charge in [-0.25, -0.2) is 4.68 Å². The van der Waals surface area contributed by atoms with Crippen LogP contribution in [0.5, 0.6) is 0 Å². The van der Waals surface area contributed by atoms with Crippen LogP contribution in [0, 0.1) is 13.8 Å². The fourth-order valence-electron chi connectivity index (χ4n) is 2.40. The maximum atomic E-state index is 12.2. The van der Waals surface area contributed by atoms with Gasteiger partial charge in [0.05, 0.1) is 5.75 Å². The highest BCUT2D eigenvalue weighted by Gasteiger charge is 2.14. The first kappa shape index (κ1) is 18.5. The van der Waals surface area contributed by atoms with Crippen LogP contribution < -0.4 is 11.2 Å². The molecule has 0 unspecified atom stereocenters. The quantitative estimate of drug-likeness (QED) is 0.474. The molecule has 1 heterocycles. The van der Waals surface area contributed by atoms with Crippen LogP contribution in [0.2, 0.25) is 0 Å². The number of carbonyl (C=O) groups is 1. The number of anilines is 1. The lowest BCUT2D eigenvalue weighted by Gasteiger charge is -2.10. The highest BCUT2D eigenvalue weighted by atomic mass is 79.9. The van der Waals surface area contributed by atoms with E-state index in [1.165, 1.54) is 16.4 Å². The van der Waals surface area contributed by atoms with Crippen molar-refractivity contribution in [1.29, 1.82) is 0 Å². The number of hydrogen-bond donors (Lipinski definition) is 2. The summed E-state index contributed by atoms with van der Waals surface area (Å²) in [5.41, 5.74) is 3.86. The van der Waals surface area contributed by atoms with Gasteiger partial charge in [0.25, 0.3) is 0 Å². The van der Waals surface area contributed by atoms with Gasteiger partial charge in [-0.1, -0.05) is 52.0 Å². The second-order valence-corrected chi connectivity index (χ2v) is 7.63. The number of thioether (sulfide) groups is 1. The topological polar surface area (TPSA) is 85.8 Å². The summed E-state index contributed by atoms with van der Waals surface area (Å²) >= 11 is 4.67. The van der Waals surface area contributed by atoms with Gasteiger partial charge in [-0.2, -0.15) is 0 Å². The Morgan fingerprint density at radius 2 is 2.00 bits per heavy atom. The summed E-state index contributed by atoms with van der Waals surface area (Å²) < 4.78 is 2.33. The van der Waals surface area contributed by atoms with Crippen molar-refractivity contribution in [3.05, 3.63) is 58.1 Å². The first-order valence-electron chi connectivity index (χ1n) is 7.91. The van der Waals surface area contributed by atoms with Crippen molar-refractivity contribution in [2.75, 3.05) is 16.9 Å². The van der Waals surface area contributed by atoms with Crippen LogP contribution in [0.4, 0.5) is 5.69 Å². The number of hydrogen-bond acceptors (Lipinski definition) is 5. The second-order valence-electron chi connectivity index (χ2n) is 5.77. The zero-order valence-corrected chi connectivity index (χ0v) is 16.8. The summed E-state index contributed by atoms with van der Waals surface area (Å²) in [7, 11) is 0. The van der Waals surface area contributed by atoms with E-state index in [0.29, 0.717) is 11.0 Å². The van der Waals surface area contributed by atoms with Crippen LogP contribution in [-0.2, 0) is 4.79 Å². The lowest BCUT2D eigenvalue weighted by Crippen LogP contribution is -2.17. The first-order valence-corrected chi connectivity index (χ1v) is 9.69. The molecule has 1 amide bonds. The smallest absolute Gasteiger partial charge is 0.234 e. The Kier molecular flexibility index (Phi) is 5.63. The van der Waals surface area contributed by atoms with Gasteiger partial charge < -0.3 is 11.2 Å². The normalized spacial score (nSPS) is 10.7. The van der Waals surface area contributed by atoms with Crippen molar-refractivity contribution in [2.45, 2.75) is 19.0 Å². The number of carbonyl (C=O) groups excluding carboxylic acids is 1. The maximum absolute atomic E-state index is 12.2. The Hall–Kier alpha value is -2.32. The van der Waals surface area contributed by atoms with E-state index in [9.17, 15) is 4.79 Å². The lowest BCUT2D eigenvalue weighted by molar-refractivity contribution is -0.113. The molecule has 0 saturated heterocycles. The number of halogens is 1. The van der Waals surface area contributed by atoms with E-state index in [-0.39, 0.29) is 11.7 Å². The van der Waals surface area contributed by atoms with E-state index < -0.39 is 0 Å². The maximum Gasteiger partial charge on any atom is 0.234 e. The second kappa shape index (κ2) is 7.92. The number of nitrogens with zero attached hydrogens (tertiary/aromatic N) is 3. The molecular weight excluding hydrogens is 414 g/mol. The summed E-state index contributed by atoms with van der Waals surface area (Å²) in [6, 6.07) is 13.5. The van der Waals surface area contributed by atoms with Crippen molar-refractivity contribution < 1.29 is 4.79 Å². The highest BCUT2D eigenvalue weighted by molar-refractivity contribution is 9.10. The third-order valence-electron chi connectivity index (χ3n) is 3.96. The van der Waals surface area contributed by atoms with Crippen LogP contribution in [0.25, 0.3) is 11.4 Å². The standard InChI is InChI=1S/C18H18BrN5OS/c1-11-5-3-8-15(12(11)2)21-16(25)10-26-18-23-22-17(24(18)20)13-6-4-7-14(19)9-13/h3-9H,10,20H2,1-2H3,(H,21,25). The minimum Gasteiger partial charge on any atom is -0.335 e. The molecule has 1 aromatic heterocycles. The van der Waals surface area contributed by atoms with E-state index in [2.05, 4.69) is 31.4 Å². The van der Waals surface area contributed by atoms with Gasteiger partial charge in [0.1, 0.15) is 0 Å². The number of nitrogen functional groups attached to an aromatic ring is 1. The number of nitrogens with one attached hydrogen (secondary N) is 1. The summed E-state index contributed by atoms with van der Waals surface area (Å²) in [4.78, 5) is 12.2. The molecule has 0 spiro atoms. The summed E-state index contributed by atoms with van der Waals surface area (Å²) in [6.45, 7) is 4.00. The zero-order chi connectivity index (χ0) is 18.7. The molecule has 8 heteroatoms. The highest BCUT2D eigenvalue weighted by Crippen LogP contribution is 2.24. The number of nitrogens with two attached hydrogens (primary N) is 1. The largest absolute Gasteiger partial charge is 0.335 e. The fraction of sp³-hybridized carbons (Fsp3) is 0.167. The Labute approximate surface area is 164 Å². The molecule has 0 fully saturated rings. The summed E-state index contributed by atoms with van der Waals surface area (Å²) in [6.07, 6.45) is 0. The molecule has 6 nitrogen and oxygen atoms in total. The first-order chi connectivity index (χ1) is 12.5. The van der Waals surface area contributed by atoms with Crippen LogP contribution in [-0.4, -0.2) is 26.5 Å². The number of rotatable bonds is 5. The summed E-state index contributed by atoms with van der Waals surface area (Å²) in [5, 5.41) is 11.6. The monoisotopic (exact) mass is 431 g/mol. The van der Waals surface area contributed by atoms with Gasteiger partial charge in [0.2, 0.25) is 11.1 Å². The molecule has 0 saturated carbocycles. The fourth-order valence-corrected chi connectivity index (χ4v) is 3.46. The van der Waals surface area contributed by atoms with Gasteiger partial charge in [-0.3, -0.25) is 4.79 Å². The predicted molar refractivity (Wildman–Crippen MR) is 109 cm³/mol.